The molecule has 1 aromatic rings. The van der Waals surface area contributed by atoms with Crippen molar-refractivity contribution in [3.63, 3.8) is 0 Å². The minimum Gasteiger partial charge on any atom is -0.477 e. The molecule has 0 radical (unpaired) electrons. The van der Waals surface area contributed by atoms with E-state index in [4.69, 9.17) is 4.74 Å². The first-order valence-corrected chi connectivity index (χ1v) is 5.98. The molecule has 0 unspecified atom stereocenters. The first-order valence-electron chi connectivity index (χ1n) is 5.98. The number of nitrogens with one attached hydrogen (secondary N) is 1. The fourth-order valence-electron chi connectivity index (χ4n) is 1.29. The largest absolute Gasteiger partial charge is 0.477 e. The van der Waals surface area contributed by atoms with Crippen molar-refractivity contribution in [2.24, 2.45) is 0 Å². The molecule has 1 N–H and O–H groups in total. The molecule has 0 saturated carbocycles. The van der Waals surface area contributed by atoms with Crippen LogP contribution in [0.2, 0.25) is 0 Å². The SMILES string of the molecule is C=C(C)CCOc1cc(NCCC)nc(C)n1. The van der Waals surface area contributed by atoms with Crippen molar-refractivity contribution >= 4 is 5.82 Å². The summed E-state index contributed by atoms with van der Waals surface area (Å²) in [7, 11) is 0. The summed E-state index contributed by atoms with van der Waals surface area (Å²) in [4.78, 5) is 8.53. The predicted octanol–water partition coefficient (Wildman–Crippen LogP) is 2.95. The van der Waals surface area contributed by atoms with Crippen molar-refractivity contribution < 1.29 is 4.74 Å². The van der Waals surface area contributed by atoms with E-state index >= 15 is 0 Å². The first-order chi connectivity index (χ1) is 8.11. The normalized spacial score (nSPS) is 10.1. The van der Waals surface area contributed by atoms with E-state index in [1.165, 1.54) is 0 Å². The second-order valence-electron chi connectivity index (χ2n) is 4.12. The van der Waals surface area contributed by atoms with E-state index in [9.17, 15) is 0 Å². The van der Waals surface area contributed by atoms with Gasteiger partial charge in [-0.05, 0) is 20.3 Å². The van der Waals surface area contributed by atoms with E-state index in [2.05, 4.69) is 28.8 Å². The summed E-state index contributed by atoms with van der Waals surface area (Å²) in [6, 6.07) is 1.83. The molecule has 4 heteroatoms. The average molecular weight is 235 g/mol. The highest BCUT2D eigenvalue weighted by Gasteiger charge is 2.02. The van der Waals surface area contributed by atoms with Crippen LogP contribution in [-0.4, -0.2) is 23.1 Å². The molecule has 0 bridgehead atoms. The summed E-state index contributed by atoms with van der Waals surface area (Å²) in [6.07, 6.45) is 1.91. The quantitative estimate of drug-likeness (QED) is 0.738. The molecule has 1 aromatic heterocycles. The van der Waals surface area contributed by atoms with Gasteiger partial charge in [0.25, 0.3) is 0 Å². The van der Waals surface area contributed by atoms with E-state index in [1.807, 2.05) is 19.9 Å². The van der Waals surface area contributed by atoms with Crippen LogP contribution < -0.4 is 10.1 Å². The van der Waals surface area contributed by atoms with Crippen LogP contribution in [0.15, 0.2) is 18.2 Å². The van der Waals surface area contributed by atoms with Crippen molar-refractivity contribution in [1.29, 1.82) is 0 Å². The standard InChI is InChI=1S/C13H21N3O/c1-5-7-14-12-9-13(16-11(4)15-12)17-8-6-10(2)3/h9H,2,5-8H2,1,3-4H3,(H,14,15,16). The molecule has 4 nitrogen and oxygen atoms in total. The van der Waals surface area contributed by atoms with Crippen LogP contribution in [0.4, 0.5) is 5.82 Å². The molecule has 0 aliphatic rings. The summed E-state index contributed by atoms with van der Waals surface area (Å²) in [5, 5.41) is 3.23. The topological polar surface area (TPSA) is 47.0 Å². The molecular formula is C13H21N3O. The van der Waals surface area contributed by atoms with Crippen molar-refractivity contribution in [3.8, 4) is 5.88 Å². The molecule has 1 heterocycles. The van der Waals surface area contributed by atoms with E-state index < -0.39 is 0 Å². The molecule has 0 aromatic carbocycles. The van der Waals surface area contributed by atoms with Gasteiger partial charge in [0.05, 0.1) is 6.61 Å². The lowest BCUT2D eigenvalue weighted by atomic mass is 10.3. The van der Waals surface area contributed by atoms with E-state index in [0.717, 1.165) is 36.6 Å². The van der Waals surface area contributed by atoms with Gasteiger partial charge in [0.1, 0.15) is 11.6 Å². The van der Waals surface area contributed by atoms with Gasteiger partial charge in [-0.2, -0.15) is 4.98 Å². The van der Waals surface area contributed by atoms with Gasteiger partial charge in [0, 0.05) is 19.0 Å². The van der Waals surface area contributed by atoms with Crippen LogP contribution in [0.25, 0.3) is 0 Å². The number of ether oxygens (including phenoxy) is 1. The molecule has 0 atom stereocenters. The minimum absolute atomic E-state index is 0.610. The van der Waals surface area contributed by atoms with Gasteiger partial charge in [-0.25, -0.2) is 4.98 Å². The maximum atomic E-state index is 5.57. The maximum Gasteiger partial charge on any atom is 0.218 e. The Morgan fingerprint density at radius 3 is 2.88 bits per heavy atom. The van der Waals surface area contributed by atoms with Gasteiger partial charge in [-0.15, -0.1) is 6.58 Å². The highest BCUT2D eigenvalue weighted by Crippen LogP contribution is 2.14. The Balaban J connectivity index is 2.58. The summed E-state index contributed by atoms with van der Waals surface area (Å²) in [5.74, 6) is 2.17. The lowest BCUT2D eigenvalue weighted by Crippen LogP contribution is -2.06. The Labute approximate surface area is 103 Å². The second kappa shape index (κ2) is 6.89. The van der Waals surface area contributed by atoms with Crippen molar-refractivity contribution in [2.45, 2.75) is 33.6 Å². The van der Waals surface area contributed by atoms with Crippen molar-refractivity contribution in [1.82, 2.24) is 9.97 Å². The molecule has 0 amide bonds. The highest BCUT2D eigenvalue weighted by atomic mass is 16.5. The zero-order valence-electron chi connectivity index (χ0n) is 10.9. The van der Waals surface area contributed by atoms with Crippen LogP contribution in [0.1, 0.15) is 32.5 Å². The number of hydrogen-bond acceptors (Lipinski definition) is 4. The molecule has 0 aliphatic carbocycles. The number of anilines is 1. The Kier molecular flexibility index (Phi) is 5.46. The van der Waals surface area contributed by atoms with Crippen molar-refractivity contribution in [2.75, 3.05) is 18.5 Å². The third kappa shape index (κ3) is 5.33. The first kappa shape index (κ1) is 13.5. The van der Waals surface area contributed by atoms with Gasteiger partial charge >= 0.3 is 0 Å². The molecule has 1 rings (SSSR count). The van der Waals surface area contributed by atoms with Gasteiger partial charge in [-0.1, -0.05) is 12.5 Å². The van der Waals surface area contributed by atoms with Crippen molar-refractivity contribution in [3.05, 3.63) is 24.0 Å². The number of nitrogens with zero attached hydrogens (tertiary/aromatic N) is 2. The smallest absolute Gasteiger partial charge is 0.218 e. The Morgan fingerprint density at radius 2 is 2.24 bits per heavy atom. The zero-order valence-corrected chi connectivity index (χ0v) is 10.9. The van der Waals surface area contributed by atoms with Crippen LogP contribution in [-0.2, 0) is 0 Å². The fourth-order valence-corrected chi connectivity index (χ4v) is 1.29. The molecule has 94 valence electrons. The summed E-state index contributed by atoms with van der Waals surface area (Å²) >= 11 is 0. The Morgan fingerprint density at radius 1 is 1.47 bits per heavy atom. The van der Waals surface area contributed by atoms with E-state index in [-0.39, 0.29) is 0 Å². The van der Waals surface area contributed by atoms with Crippen LogP contribution in [0.5, 0.6) is 5.88 Å². The maximum absolute atomic E-state index is 5.57. The van der Waals surface area contributed by atoms with Gasteiger partial charge in [-0.3, -0.25) is 0 Å². The lowest BCUT2D eigenvalue weighted by Gasteiger charge is -2.09. The number of aromatic nitrogens is 2. The molecule has 0 aliphatic heterocycles. The number of hydrogen-bond donors (Lipinski definition) is 1. The zero-order chi connectivity index (χ0) is 12.7. The molecule has 0 spiro atoms. The Bertz CT molecular complexity index is 377. The number of aryl methyl sites for hydroxylation is 1. The Hall–Kier alpha value is -1.58. The monoisotopic (exact) mass is 235 g/mol. The van der Waals surface area contributed by atoms with Gasteiger partial charge in [0.2, 0.25) is 5.88 Å². The van der Waals surface area contributed by atoms with Gasteiger partial charge < -0.3 is 10.1 Å². The lowest BCUT2D eigenvalue weighted by molar-refractivity contribution is 0.308. The molecule has 17 heavy (non-hydrogen) atoms. The second-order valence-corrected chi connectivity index (χ2v) is 4.12. The molecule has 0 saturated heterocycles. The van der Waals surface area contributed by atoms with E-state index in [0.29, 0.717) is 12.5 Å². The van der Waals surface area contributed by atoms with Crippen LogP contribution in [0, 0.1) is 6.92 Å². The third-order valence-corrected chi connectivity index (χ3v) is 2.15. The summed E-state index contributed by atoms with van der Waals surface area (Å²) in [5.41, 5.74) is 1.11. The van der Waals surface area contributed by atoms with Gasteiger partial charge in [0.15, 0.2) is 0 Å². The molecule has 0 fully saturated rings. The van der Waals surface area contributed by atoms with E-state index in [1.54, 1.807) is 0 Å². The fraction of sp³-hybridized carbons (Fsp3) is 0.538. The third-order valence-electron chi connectivity index (χ3n) is 2.15. The molecular weight excluding hydrogens is 214 g/mol. The number of rotatable bonds is 7. The average Bonchev–Trinajstić information content (AvgIpc) is 2.25. The summed E-state index contributed by atoms with van der Waals surface area (Å²) < 4.78 is 5.57. The predicted molar refractivity (Wildman–Crippen MR) is 70.5 cm³/mol. The summed E-state index contributed by atoms with van der Waals surface area (Å²) in [6.45, 7) is 11.3. The van der Waals surface area contributed by atoms with Crippen LogP contribution >= 0.6 is 0 Å². The van der Waals surface area contributed by atoms with Crippen LogP contribution in [0.3, 0.4) is 0 Å². The highest BCUT2D eigenvalue weighted by molar-refractivity contribution is 5.38. The minimum atomic E-state index is 0.610.